The van der Waals surface area contributed by atoms with Gasteiger partial charge in [0.25, 0.3) is 5.69 Å². The van der Waals surface area contributed by atoms with Gasteiger partial charge in [0.15, 0.2) is 4.96 Å². The first-order valence-electron chi connectivity index (χ1n) is 8.76. The summed E-state index contributed by atoms with van der Waals surface area (Å²) in [6.45, 7) is 8.00. The Morgan fingerprint density at radius 1 is 1.08 bits per heavy atom. The predicted octanol–water partition coefficient (Wildman–Crippen LogP) is 6.18. The number of para-hydroxylation sites is 1. The molecule has 0 bridgehead atoms. The highest BCUT2D eigenvalue weighted by atomic mass is 32.1. The number of hydrogen-bond donors (Lipinski definition) is 0. The van der Waals surface area contributed by atoms with Crippen molar-refractivity contribution < 1.29 is 6.29 Å². The molecule has 0 aliphatic carbocycles. The average molecular weight is 357 g/mol. The lowest BCUT2D eigenvalue weighted by molar-refractivity contribution is -0.384. The van der Waals surface area contributed by atoms with Crippen molar-refractivity contribution in [1.29, 1.82) is 0 Å². The van der Waals surface area contributed by atoms with Crippen LogP contribution in [-0.4, -0.2) is 14.3 Å². The predicted molar refractivity (Wildman–Crippen MR) is 105 cm³/mol. The molecule has 0 aliphatic rings. The van der Waals surface area contributed by atoms with E-state index in [1.165, 1.54) is 23.5 Å². The van der Waals surface area contributed by atoms with Gasteiger partial charge in [-0.3, -0.25) is 14.5 Å². The zero-order valence-electron chi connectivity index (χ0n) is 15.7. The lowest BCUT2D eigenvalue weighted by atomic mass is 10.1. The summed E-state index contributed by atoms with van der Waals surface area (Å²) in [5.41, 5.74) is 2.22. The SMILES string of the molecule is CC.CC.[3H]c1c(-c2ccc([N+](=O)[O-])cc2)nc2sc3ccccc3n12. The van der Waals surface area contributed by atoms with Crippen molar-refractivity contribution in [2.45, 2.75) is 27.7 Å². The molecule has 2 heterocycles. The molecule has 0 radical (unpaired) electrons. The minimum atomic E-state index is -0.440. The maximum atomic E-state index is 10.7. The van der Waals surface area contributed by atoms with Gasteiger partial charge in [0.1, 0.15) is 0 Å². The fraction of sp³-hybridized carbons (Fsp3) is 0.211. The third-order valence-electron chi connectivity index (χ3n) is 3.28. The number of aromatic nitrogens is 2. The fourth-order valence-electron chi connectivity index (χ4n) is 2.25. The van der Waals surface area contributed by atoms with Gasteiger partial charge >= 0.3 is 0 Å². The number of imidazole rings is 1. The minimum Gasteiger partial charge on any atom is -0.290 e. The Labute approximate surface area is 152 Å². The number of nitro groups is 1. The molecule has 5 nitrogen and oxygen atoms in total. The molecule has 2 aromatic carbocycles. The van der Waals surface area contributed by atoms with E-state index in [0.29, 0.717) is 17.4 Å². The Bertz CT molecular complexity index is 1020. The van der Waals surface area contributed by atoms with E-state index >= 15 is 0 Å². The van der Waals surface area contributed by atoms with Gasteiger partial charge in [-0.05, 0) is 24.3 Å². The van der Waals surface area contributed by atoms with Gasteiger partial charge in [-0.15, -0.1) is 0 Å². The molecule has 130 valence electrons. The molecule has 4 aromatic rings. The number of benzene rings is 2. The highest BCUT2D eigenvalue weighted by Crippen LogP contribution is 2.29. The monoisotopic (exact) mass is 357 g/mol. The topological polar surface area (TPSA) is 60.4 Å². The lowest BCUT2D eigenvalue weighted by Crippen LogP contribution is -1.87. The molecule has 0 atom stereocenters. The third-order valence-corrected chi connectivity index (χ3v) is 4.30. The summed E-state index contributed by atoms with van der Waals surface area (Å²) >= 11 is 1.52. The van der Waals surface area contributed by atoms with Crippen LogP contribution >= 0.6 is 11.3 Å². The van der Waals surface area contributed by atoms with Crippen molar-refractivity contribution >= 4 is 32.2 Å². The van der Waals surface area contributed by atoms with E-state index in [0.717, 1.165) is 15.2 Å². The average Bonchev–Trinajstić information content (AvgIpc) is 3.22. The summed E-state index contributed by atoms with van der Waals surface area (Å²) in [4.78, 5) is 15.5. The van der Waals surface area contributed by atoms with Crippen LogP contribution in [0, 0.1) is 10.1 Å². The second kappa shape index (κ2) is 8.39. The Morgan fingerprint density at radius 2 is 1.72 bits per heavy atom. The summed E-state index contributed by atoms with van der Waals surface area (Å²) < 4.78 is 11.2. The van der Waals surface area contributed by atoms with Gasteiger partial charge in [0.05, 0.1) is 22.2 Å². The van der Waals surface area contributed by atoms with Crippen molar-refractivity contribution in [2.75, 3.05) is 0 Å². The van der Waals surface area contributed by atoms with E-state index in [1.54, 1.807) is 16.5 Å². The first-order chi connectivity index (χ1) is 12.6. The van der Waals surface area contributed by atoms with E-state index in [2.05, 4.69) is 4.98 Å². The van der Waals surface area contributed by atoms with E-state index in [4.69, 9.17) is 1.37 Å². The molecule has 0 saturated heterocycles. The van der Waals surface area contributed by atoms with Crippen molar-refractivity contribution in [1.82, 2.24) is 9.38 Å². The van der Waals surface area contributed by atoms with Crippen LogP contribution in [0.1, 0.15) is 29.1 Å². The normalized spacial score (nSPS) is 10.5. The summed E-state index contributed by atoms with van der Waals surface area (Å²) in [5, 5.41) is 10.7. The van der Waals surface area contributed by atoms with Gasteiger partial charge in [0, 0.05) is 23.9 Å². The second-order valence-corrected chi connectivity index (χ2v) is 5.57. The first kappa shape index (κ1) is 17.1. The zero-order chi connectivity index (χ0) is 19.3. The molecule has 0 amide bonds. The van der Waals surface area contributed by atoms with E-state index in [9.17, 15) is 10.1 Å². The van der Waals surface area contributed by atoms with Crippen molar-refractivity contribution in [2.24, 2.45) is 0 Å². The molecular formula is C19H21N3O2S. The van der Waals surface area contributed by atoms with E-state index < -0.39 is 4.92 Å². The quantitative estimate of drug-likeness (QED) is 0.318. The zero-order valence-corrected chi connectivity index (χ0v) is 15.5. The minimum absolute atomic E-state index is 0.0294. The lowest BCUT2D eigenvalue weighted by Gasteiger charge is -1.96. The van der Waals surface area contributed by atoms with Crippen molar-refractivity contribution in [3.8, 4) is 11.3 Å². The van der Waals surface area contributed by atoms with Gasteiger partial charge in [0.2, 0.25) is 0 Å². The number of non-ortho nitro benzene ring substituents is 1. The van der Waals surface area contributed by atoms with Crippen LogP contribution in [0.2, 0.25) is 0 Å². The molecule has 0 aliphatic heterocycles. The van der Waals surface area contributed by atoms with E-state index in [1.807, 2.05) is 52.0 Å². The first-order valence-corrected chi connectivity index (χ1v) is 9.08. The summed E-state index contributed by atoms with van der Waals surface area (Å²) in [5.74, 6) is 0. The second-order valence-electron chi connectivity index (χ2n) is 4.56. The third kappa shape index (κ3) is 3.69. The Kier molecular flexibility index (Phi) is 5.74. The number of thiazole rings is 1. The summed E-state index contributed by atoms with van der Waals surface area (Å²) in [6, 6.07) is 14.0. The number of hydrogen-bond acceptors (Lipinski definition) is 4. The fourth-order valence-corrected chi connectivity index (χ4v) is 3.23. The molecule has 6 heteroatoms. The number of nitro benzene ring substituents is 1. The van der Waals surface area contributed by atoms with Crippen LogP contribution in [0.15, 0.2) is 54.7 Å². The maximum Gasteiger partial charge on any atom is 0.269 e. The highest BCUT2D eigenvalue weighted by molar-refractivity contribution is 7.23. The van der Waals surface area contributed by atoms with Crippen LogP contribution in [0.3, 0.4) is 0 Å². The summed E-state index contributed by atoms with van der Waals surface area (Å²) in [6.07, 6.45) is 0.293. The molecule has 0 spiro atoms. The highest BCUT2D eigenvalue weighted by Gasteiger charge is 2.11. The number of rotatable bonds is 2. The maximum absolute atomic E-state index is 10.7. The molecule has 0 fully saturated rings. The van der Waals surface area contributed by atoms with Crippen molar-refractivity contribution in [3.63, 3.8) is 0 Å². The Balaban J connectivity index is 0.000000570. The molecular weight excluding hydrogens is 334 g/mol. The van der Waals surface area contributed by atoms with Crippen LogP contribution in [-0.2, 0) is 0 Å². The van der Waals surface area contributed by atoms with Gasteiger partial charge in [-0.25, -0.2) is 4.98 Å². The van der Waals surface area contributed by atoms with Crippen molar-refractivity contribution in [3.05, 3.63) is 64.8 Å². The van der Waals surface area contributed by atoms with Crippen LogP contribution < -0.4 is 0 Å². The number of nitrogens with zero attached hydrogens (tertiary/aromatic N) is 3. The van der Waals surface area contributed by atoms with Gasteiger partial charge in [-0.2, -0.15) is 0 Å². The van der Waals surface area contributed by atoms with Crippen LogP contribution in [0.25, 0.3) is 26.4 Å². The van der Waals surface area contributed by atoms with Gasteiger partial charge < -0.3 is 0 Å². The molecule has 0 saturated carbocycles. The standard InChI is InChI=1S/C15H9N3O2S.2C2H6/c19-18(20)11-7-5-10(6-8-11)12-9-17-13-3-1-2-4-14(13)21-15(17)16-12;2*1-2/h1-9H;2*1-2H3/i9T;;. The molecule has 0 N–H and O–H groups in total. The molecule has 4 rings (SSSR count). The number of fused-ring (bicyclic) bond motifs is 3. The molecule has 0 unspecified atom stereocenters. The van der Waals surface area contributed by atoms with Crippen LogP contribution in [0.4, 0.5) is 5.69 Å². The Hall–Kier alpha value is -2.73. The molecule has 25 heavy (non-hydrogen) atoms. The smallest absolute Gasteiger partial charge is 0.269 e. The molecule has 2 aromatic heterocycles. The van der Waals surface area contributed by atoms with E-state index in [-0.39, 0.29) is 5.69 Å². The van der Waals surface area contributed by atoms with Crippen LogP contribution in [0.5, 0.6) is 0 Å². The summed E-state index contributed by atoms with van der Waals surface area (Å²) in [7, 11) is 0. The Morgan fingerprint density at radius 3 is 2.36 bits per heavy atom. The van der Waals surface area contributed by atoms with Gasteiger partial charge in [-0.1, -0.05) is 51.2 Å². The largest absolute Gasteiger partial charge is 0.290 e.